The maximum Gasteiger partial charge on any atom is 0.353 e. The van der Waals surface area contributed by atoms with E-state index in [0.717, 1.165) is 5.56 Å². The van der Waals surface area contributed by atoms with Gasteiger partial charge in [0.25, 0.3) is 5.91 Å². The molecule has 0 saturated heterocycles. The Morgan fingerprint density at radius 1 is 1.29 bits per heavy atom. The molecule has 0 radical (unpaired) electrons. The lowest BCUT2D eigenvalue weighted by Crippen LogP contribution is -2.29. The van der Waals surface area contributed by atoms with Crippen LogP contribution in [0.4, 0.5) is 5.69 Å². The summed E-state index contributed by atoms with van der Waals surface area (Å²) >= 11 is 0. The van der Waals surface area contributed by atoms with Crippen LogP contribution in [0.5, 0.6) is 0 Å². The van der Waals surface area contributed by atoms with Crippen LogP contribution >= 0.6 is 0 Å². The Morgan fingerprint density at radius 3 is 2.38 bits per heavy atom. The van der Waals surface area contributed by atoms with Gasteiger partial charge in [-0.15, -0.1) is 0 Å². The van der Waals surface area contributed by atoms with E-state index in [1.807, 2.05) is 24.3 Å². The molecule has 0 spiro atoms. The average Bonchev–Trinajstić information content (AvgIpc) is 2.88. The number of anilines is 1. The number of aliphatic carboxylic acids is 1. The molecule has 6 nitrogen and oxygen atoms in total. The molecular weight excluding hydrogens is 272 g/mol. The van der Waals surface area contributed by atoms with Gasteiger partial charge in [-0.2, -0.15) is 0 Å². The summed E-state index contributed by atoms with van der Waals surface area (Å²) in [7, 11) is 0. The first-order valence-corrected chi connectivity index (χ1v) is 6.65. The first kappa shape index (κ1) is 15.0. The monoisotopic (exact) mass is 290 g/mol. The molecule has 1 heterocycles. The van der Waals surface area contributed by atoms with Crippen molar-refractivity contribution < 1.29 is 19.5 Å². The zero-order valence-electron chi connectivity index (χ0n) is 12.2. The van der Waals surface area contributed by atoms with Crippen molar-refractivity contribution in [1.29, 1.82) is 0 Å². The van der Waals surface area contributed by atoms with Gasteiger partial charge in [-0.3, -0.25) is 4.79 Å². The van der Waals surface area contributed by atoms with Crippen molar-refractivity contribution in [2.24, 2.45) is 5.16 Å². The smallest absolute Gasteiger partial charge is 0.353 e. The molecule has 0 aliphatic carbocycles. The number of carboxylic acids is 1. The lowest BCUT2D eigenvalue weighted by molar-refractivity contribution is -0.129. The van der Waals surface area contributed by atoms with Gasteiger partial charge in [0.05, 0.1) is 0 Å². The van der Waals surface area contributed by atoms with Crippen molar-refractivity contribution in [1.82, 2.24) is 0 Å². The summed E-state index contributed by atoms with van der Waals surface area (Å²) in [6.45, 7) is 6.33. The fraction of sp³-hybridized carbons (Fsp3) is 0.400. The number of hydrogen-bond acceptors (Lipinski definition) is 4. The highest BCUT2D eigenvalue weighted by Crippen LogP contribution is 2.23. The van der Waals surface area contributed by atoms with Gasteiger partial charge in [0.15, 0.2) is 5.71 Å². The van der Waals surface area contributed by atoms with Gasteiger partial charge < -0.3 is 15.3 Å². The third-order valence-corrected chi connectivity index (χ3v) is 3.23. The van der Waals surface area contributed by atoms with Gasteiger partial charge in [-0.25, -0.2) is 4.79 Å². The summed E-state index contributed by atoms with van der Waals surface area (Å²) in [5.74, 6) is -1.57. The van der Waals surface area contributed by atoms with Crippen LogP contribution in [0.1, 0.15) is 32.8 Å². The Hall–Kier alpha value is -2.37. The topological polar surface area (TPSA) is 88.0 Å². The highest BCUT2D eigenvalue weighted by atomic mass is 16.6. The molecule has 1 atom stereocenters. The summed E-state index contributed by atoms with van der Waals surface area (Å²) in [4.78, 5) is 27.5. The summed E-state index contributed by atoms with van der Waals surface area (Å²) in [5.41, 5.74) is 1.70. The second-order valence-electron chi connectivity index (χ2n) is 5.96. The summed E-state index contributed by atoms with van der Waals surface area (Å²) in [6, 6.07) is 7.52. The van der Waals surface area contributed by atoms with Crippen molar-refractivity contribution in [3.05, 3.63) is 29.8 Å². The number of hydrogen-bond donors (Lipinski definition) is 2. The molecule has 0 aromatic heterocycles. The number of carboxylic acid groups (broad SMARTS) is 1. The van der Waals surface area contributed by atoms with Crippen LogP contribution in [-0.2, 0) is 19.8 Å². The molecule has 1 aliphatic rings. The summed E-state index contributed by atoms with van der Waals surface area (Å²) in [5, 5.41) is 14.8. The van der Waals surface area contributed by atoms with E-state index in [4.69, 9.17) is 9.94 Å². The minimum atomic E-state index is -1.17. The Labute approximate surface area is 122 Å². The molecule has 1 aliphatic heterocycles. The molecule has 1 aromatic carbocycles. The van der Waals surface area contributed by atoms with E-state index in [-0.39, 0.29) is 17.5 Å². The minimum Gasteiger partial charge on any atom is -0.477 e. The number of nitrogens with one attached hydrogen (secondary N) is 1. The van der Waals surface area contributed by atoms with Crippen molar-refractivity contribution in [3.8, 4) is 0 Å². The van der Waals surface area contributed by atoms with Gasteiger partial charge in [-0.05, 0) is 23.1 Å². The normalized spacial score (nSPS) is 17.9. The predicted molar refractivity (Wildman–Crippen MR) is 78.3 cm³/mol. The SMILES string of the molecule is CC(C)(C)c1ccc(NC(=O)C2CC(C(=O)O)=NO2)cc1. The first-order chi connectivity index (χ1) is 9.77. The number of benzene rings is 1. The number of carbonyl (C=O) groups is 2. The van der Waals surface area contributed by atoms with Crippen LogP contribution in [-0.4, -0.2) is 28.8 Å². The Bertz CT molecular complexity index is 585. The molecule has 2 rings (SSSR count). The number of amides is 1. The van der Waals surface area contributed by atoms with E-state index in [1.54, 1.807) is 0 Å². The van der Waals surface area contributed by atoms with Gasteiger partial charge in [0.2, 0.25) is 6.10 Å². The number of oxime groups is 1. The van der Waals surface area contributed by atoms with Crippen molar-refractivity contribution in [3.63, 3.8) is 0 Å². The van der Waals surface area contributed by atoms with Gasteiger partial charge >= 0.3 is 5.97 Å². The third kappa shape index (κ3) is 3.59. The second kappa shape index (κ2) is 5.55. The molecule has 1 aromatic rings. The molecule has 0 saturated carbocycles. The van der Waals surface area contributed by atoms with Crippen molar-refractivity contribution in [2.75, 3.05) is 5.32 Å². The van der Waals surface area contributed by atoms with E-state index < -0.39 is 18.0 Å². The van der Waals surface area contributed by atoms with E-state index in [0.29, 0.717) is 5.69 Å². The lowest BCUT2D eigenvalue weighted by atomic mass is 9.87. The fourth-order valence-corrected chi connectivity index (χ4v) is 1.92. The van der Waals surface area contributed by atoms with Crippen molar-refractivity contribution >= 4 is 23.3 Å². The number of carbonyl (C=O) groups excluding carboxylic acids is 1. The quantitative estimate of drug-likeness (QED) is 0.892. The molecule has 112 valence electrons. The number of nitrogens with zero attached hydrogens (tertiary/aromatic N) is 1. The highest BCUT2D eigenvalue weighted by molar-refractivity contribution is 6.36. The molecule has 6 heteroatoms. The molecule has 0 bridgehead atoms. The molecule has 21 heavy (non-hydrogen) atoms. The first-order valence-electron chi connectivity index (χ1n) is 6.65. The molecule has 1 unspecified atom stereocenters. The van der Waals surface area contributed by atoms with Crippen LogP contribution in [0.25, 0.3) is 0 Å². The molecule has 0 fully saturated rings. The van der Waals surface area contributed by atoms with E-state index in [2.05, 4.69) is 31.2 Å². The second-order valence-corrected chi connectivity index (χ2v) is 5.96. The van der Waals surface area contributed by atoms with Crippen LogP contribution in [0, 0.1) is 0 Å². The van der Waals surface area contributed by atoms with Crippen LogP contribution in [0.2, 0.25) is 0 Å². The third-order valence-electron chi connectivity index (χ3n) is 3.23. The zero-order chi connectivity index (χ0) is 15.6. The summed E-state index contributed by atoms with van der Waals surface area (Å²) < 4.78 is 0. The Kier molecular flexibility index (Phi) is 3.97. The summed E-state index contributed by atoms with van der Waals surface area (Å²) in [6.07, 6.45) is -0.917. The van der Waals surface area contributed by atoms with Gasteiger partial charge in [-0.1, -0.05) is 38.1 Å². The zero-order valence-corrected chi connectivity index (χ0v) is 12.2. The lowest BCUT2D eigenvalue weighted by Gasteiger charge is -2.19. The van der Waals surface area contributed by atoms with Gasteiger partial charge in [0, 0.05) is 12.1 Å². The Morgan fingerprint density at radius 2 is 1.90 bits per heavy atom. The number of rotatable bonds is 3. The van der Waals surface area contributed by atoms with Crippen LogP contribution < -0.4 is 5.32 Å². The van der Waals surface area contributed by atoms with Crippen LogP contribution in [0.15, 0.2) is 29.4 Å². The highest BCUT2D eigenvalue weighted by Gasteiger charge is 2.31. The standard InChI is InChI=1S/C15H18N2O4/c1-15(2,3)9-4-6-10(7-5-9)16-13(18)12-8-11(14(19)20)17-21-12/h4-7,12H,8H2,1-3H3,(H,16,18)(H,19,20). The fourth-order valence-electron chi connectivity index (χ4n) is 1.92. The largest absolute Gasteiger partial charge is 0.477 e. The van der Waals surface area contributed by atoms with Crippen molar-refractivity contribution in [2.45, 2.75) is 38.7 Å². The molecular formula is C15H18N2O4. The maximum absolute atomic E-state index is 12.0. The Balaban J connectivity index is 1.97. The van der Waals surface area contributed by atoms with Gasteiger partial charge in [0.1, 0.15) is 0 Å². The average molecular weight is 290 g/mol. The van der Waals surface area contributed by atoms with E-state index >= 15 is 0 Å². The van der Waals surface area contributed by atoms with E-state index in [9.17, 15) is 9.59 Å². The molecule has 2 N–H and O–H groups in total. The van der Waals surface area contributed by atoms with Crippen LogP contribution in [0.3, 0.4) is 0 Å². The maximum atomic E-state index is 12.0. The molecule has 1 amide bonds. The van der Waals surface area contributed by atoms with E-state index in [1.165, 1.54) is 0 Å². The minimum absolute atomic E-state index is 0.0265. The predicted octanol–water partition coefficient (Wildman–Crippen LogP) is 2.15.